The maximum Gasteiger partial charge on any atom is 0.296 e. The van der Waals surface area contributed by atoms with Crippen LogP contribution in [-0.4, -0.2) is 28.9 Å². The monoisotopic (exact) mass is 462 g/mol. The number of carbonyl (C=O) groups excluding carboxylic acids is 2. The van der Waals surface area contributed by atoms with Gasteiger partial charge < -0.3 is 9.84 Å². The molecule has 0 bridgehead atoms. The number of para-hydroxylation sites is 1. The van der Waals surface area contributed by atoms with Gasteiger partial charge >= 0.3 is 0 Å². The lowest BCUT2D eigenvalue weighted by molar-refractivity contribution is -0.117. The Hall–Kier alpha value is -3.49. The third-order valence-electron chi connectivity index (χ3n) is 5.37. The normalized spacial score (nSPS) is 16.2. The van der Waals surface area contributed by atoms with Gasteiger partial charge in [-0.15, -0.1) is 11.3 Å². The van der Waals surface area contributed by atoms with Crippen molar-refractivity contribution in [2.75, 3.05) is 12.0 Å². The molecular weight excluding hydrogens is 444 g/mol. The molecule has 32 heavy (non-hydrogen) atoms. The van der Waals surface area contributed by atoms with E-state index in [0.29, 0.717) is 21.3 Å². The molecule has 1 amide bonds. The van der Waals surface area contributed by atoms with Crippen molar-refractivity contribution in [2.24, 2.45) is 0 Å². The Balaban J connectivity index is 1.72. The van der Waals surface area contributed by atoms with Crippen LogP contribution >= 0.6 is 22.7 Å². The zero-order valence-corrected chi connectivity index (χ0v) is 18.9. The molecular formula is C24H18N2O4S2. The fourth-order valence-electron chi connectivity index (χ4n) is 3.88. The highest BCUT2D eigenvalue weighted by molar-refractivity contribution is 7.22. The van der Waals surface area contributed by atoms with Crippen molar-refractivity contribution in [1.29, 1.82) is 0 Å². The van der Waals surface area contributed by atoms with Crippen LogP contribution in [-0.2, 0) is 4.79 Å². The molecule has 0 saturated heterocycles. The molecule has 1 aliphatic heterocycles. The van der Waals surface area contributed by atoms with E-state index >= 15 is 0 Å². The Morgan fingerprint density at radius 2 is 1.97 bits per heavy atom. The number of thiophene rings is 1. The third-order valence-corrected chi connectivity index (χ3v) is 7.26. The summed E-state index contributed by atoms with van der Waals surface area (Å²) in [5.74, 6) is -1.09. The number of carbonyl (C=O) groups is 2. The van der Waals surface area contributed by atoms with Gasteiger partial charge in [-0.25, -0.2) is 4.98 Å². The standard InChI is InChI=1S/C24H18N2O4S2/c1-13-9-10-15-18(12-13)32-24(25-15)26-20(14-6-3-4-7-16(14)30-2)19(22(28)23(26)29)21(27)17-8-5-11-31-17/h3-12,20,28H,1-2H3/t20-/m1/s1. The first-order chi connectivity index (χ1) is 15.5. The summed E-state index contributed by atoms with van der Waals surface area (Å²) >= 11 is 2.61. The number of aliphatic hydroxyl groups is 1. The fourth-order valence-corrected chi connectivity index (χ4v) is 5.65. The second-order valence-electron chi connectivity index (χ2n) is 7.36. The number of aliphatic hydroxyl groups excluding tert-OH is 1. The number of amides is 1. The van der Waals surface area contributed by atoms with Gasteiger partial charge in [-0.1, -0.05) is 41.7 Å². The van der Waals surface area contributed by atoms with Crippen LogP contribution in [0.2, 0.25) is 0 Å². The first kappa shape index (κ1) is 20.4. The van der Waals surface area contributed by atoms with Crippen LogP contribution in [0.15, 0.2) is 71.3 Å². The van der Waals surface area contributed by atoms with Gasteiger partial charge in [-0.3, -0.25) is 14.5 Å². The minimum atomic E-state index is -0.866. The summed E-state index contributed by atoms with van der Waals surface area (Å²) in [5, 5.41) is 13.1. The largest absolute Gasteiger partial charge is 0.503 e. The molecule has 5 rings (SSSR count). The van der Waals surface area contributed by atoms with E-state index in [-0.39, 0.29) is 11.4 Å². The summed E-state index contributed by atoms with van der Waals surface area (Å²) in [4.78, 5) is 33.2. The molecule has 8 heteroatoms. The maximum atomic E-state index is 13.4. The number of methoxy groups -OCH3 is 1. The van der Waals surface area contributed by atoms with Gasteiger partial charge in [0, 0.05) is 5.56 Å². The molecule has 1 aliphatic rings. The number of ether oxygens (including phenoxy) is 1. The molecule has 0 radical (unpaired) electrons. The highest BCUT2D eigenvalue weighted by Crippen LogP contribution is 2.46. The molecule has 2 aromatic carbocycles. The highest BCUT2D eigenvalue weighted by atomic mass is 32.1. The number of anilines is 1. The number of ketones is 1. The van der Waals surface area contributed by atoms with Crippen molar-refractivity contribution in [3.63, 3.8) is 0 Å². The van der Waals surface area contributed by atoms with Crippen molar-refractivity contribution >= 4 is 49.7 Å². The summed E-state index contributed by atoms with van der Waals surface area (Å²) < 4.78 is 6.46. The number of Topliss-reactive ketones (excluding diaryl/α,β-unsaturated/α-hetero) is 1. The fraction of sp³-hybridized carbons (Fsp3) is 0.125. The number of fused-ring (bicyclic) bond motifs is 1. The molecule has 0 saturated carbocycles. The van der Waals surface area contributed by atoms with Crippen molar-refractivity contribution in [2.45, 2.75) is 13.0 Å². The second-order valence-corrected chi connectivity index (χ2v) is 9.31. The van der Waals surface area contributed by atoms with Gasteiger partial charge in [0.2, 0.25) is 5.78 Å². The number of rotatable bonds is 5. The summed E-state index contributed by atoms with van der Waals surface area (Å²) in [6, 6.07) is 15.6. The van der Waals surface area contributed by atoms with Crippen molar-refractivity contribution in [3.8, 4) is 5.75 Å². The Bertz CT molecular complexity index is 1390. The zero-order valence-electron chi connectivity index (χ0n) is 17.2. The molecule has 0 spiro atoms. The number of aryl methyl sites for hydroxylation is 1. The van der Waals surface area contributed by atoms with Gasteiger partial charge in [0.1, 0.15) is 11.8 Å². The van der Waals surface area contributed by atoms with Crippen LogP contribution in [0.25, 0.3) is 10.2 Å². The van der Waals surface area contributed by atoms with Crippen LogP contribution in [0.5, 0.6) is 5.75 Å². The van der Waals surface area contributed by atoms with E-state index in [4.69, 9.17) is 4.74 Å². The Morgan fingerprint density at radius 3 is 2.72 bits per heavy atom. The summed E-state index contributed by atoms with van der Waals surface area (Å²) in [6.07, 6.45) is 0. The van der Waals surface area contributed by atoms with Crippen LogP contribution < -0.4 is 9.64 Å². The van der Waals surface area contributed by atoms with Gasteiger partial charge in [0.25, 0.3) is 5.91 Å². The van der Waals surface area contributed by atoms with E-state index in [1.165, 1.54) is 34.7 Å². The first-order valence-electron chi connectivity index (χ1n) is 9.84. The number of benzene rings is 2. The van der Waals surface area contributed by atoms with E-state index in [9.17, 15) is 14.7 Å². The molecule has 4 aromatic rings. The van der Waals surface area contributed by atoms with E-state index in [0.717, 1.165) is 15.8 Å². The predicted octanol–water partition coefficient (Wildman–Crippen LogP) is 5.46. The van der Waals surface area contributed by atoms with Crippen molar-refractivity contribution in [1.82, 2.24) is 4.98 Å². The number of thiazole rings is 1. The van der Waals surface area contributed by atoms with E-state index < -0.39 is 17.7 Å². The number of nitrogens with zero attached hydrogens (tertiary/aromatic N) is 2. The molecule has 0 unspecified atom stereocenters. The molecule has 160 valence electrons. The summed E-state index contributed by atoms with van der Waals surface area (Å²) in [5.41, 5.74) is 2.45. The lowest BCUT2D eigenvalue weighted by Gasteiger charge is -2.25. The number of hydrogen-bond acceptors (Lipinski definition) is 7. The summed E-state index contributed by atoms with van der Waals surface area (Å²) in [6.45, 7) is 1.99. The van der Waals surface area contributed by atoms with Crippen LogP contribution in [0.1, 0.15) is 26.8 Å². The Morgan fingerprint density at radius 1 is 1.16 bits per heavy atom. The third kappa shape index (κ3) is 3.19. The second kappa shape index (κ2) is 7.89. The molecule has 1 N–H and O–H groups in total. The topological polar surface area (TPSA) is 79.7 Å². The Kier molecular flexibility index (Phi) is 5.03. The SMILES string of the molecule is COc1ccccc1[C@@H]1C(C(=O)c2cccs2)=C(O)C(=O)N1c1nc2ccc(C)cc2s1. The van der Waals surface area contributed by atoms with Crippen molar-refractivity contribution in [3.05, 3.63) is 87.3 Å². The average molecular weight is 463 g/mol. The number of aromatic nitrogens is 1. The lowest BCUT2D eigenvalue weighted by Crippen LogP contribution is -2.31. The Labute approximate surface area is 192 Å². The maximum absolute atomic E-state index is 13.4. The van der Waals surface area contributed by atoms with E-state index in [1.807, 2.05) is 37.3 Å². The average Bonchev–Trinajstić information content (AvgIpc) is 3.52. The first-order valence-corrected chi connectivity index (χ1v) is 11.5. The smallest absolute Gasteiger partial charge is 0.296 e. The molecule has 0 fully saturated rings. The molecule has 0 aliphatic carbocycles. The summed E-state index contributed by atoms with van der Waals surface area (Å²) in [7, 11) is 1.53. The number of hydrogen-bond donors (Lipinski definition) is 1. The lowest BCUT2D eigenvalue weighted by atomic mass is 9.95. The predicted molar refractivity (Wildman–Crippen MR) is 126 cm³/mol. The van der Waals surface area contributed by atoms with Crippen LogP contribution in [0.4, 0.5) is 5.13 Å². The van der Waals surface area contributed by atoms with E-state index in [2.05, 4.69) is 4.98 Å². The van der Waals surface area contributed by atoms with Crippen LogP contribution in [0.3, 0.4) is 0 Å². The van der Waals surface area contributed by atoms with Gasteiger partial charge in [0.15, 0.2) is 10.9 Å². The van der Waals surface area contributed by atoms with Gasteiger partial charge in [-0.2, -0.15) is 0 Å². The van der Waals surface area contributed by atoms with Crippen LogP contribution in [0, 0.1) is 6.92 Å². The van der Waals surface area contributed by atoms with Gasteiger partial charge in [0.05, 0.1) is 27.8 Å². The minimum Gasteiger partial charge on any atom is -0.503 e. The quantitative estimate of drug-likeness (QED) is 0.399. The molecule has 6 nitrogen and oxygen atoms in total. The van der Waals surface area contributed by atoms with E-state index in [1.54, 1.807) is 29.6 Å². The molecule has 2 aromatic heterocycles. The van der Waals surface area contributed by atoms with Crippen molar-refractivity contribution < 1.29 is 19.4 Å². The van der Waals surface area contributed by atoms with Gasteiger partial charge in [-0.05, 0) is 42.1 Å². The zero-order chi connectivity index (χ0) is 22.4. The minimum absolute atomic E-state index is 0.0254. The molecule has 3 heterocycles. The highest BCUT2D eigenvalue weighted by Gasteiger charge is 2.47. The molecule has 1 atom stereocenters.